The van der Waals surface area contributed by atoms with E-state index in [0.29, 0.717) is 79.6 Å². The molecule has 3 heterocycles. The van der Waals surface area contributed by atoms with Crippen LogP contribution in [-0.4, -0.2) is 64.7 Å². The van der Waals surface area contributed by atoms with Crippen molar-refractivity contribution in [2.45, 2.75) is 24.6 Å². The van der Waals surface area contributed by atoms with Gasteiger partial charge in [0, 0.05) is 58.3 Å². The lowest BCUT2D eigenvalue weighted by Crippen LogP contribution is -2.25. The van der Waals surface area contributed by atoms with E-state index in [1.54, 1.807) is 47.7 Å². The molecule has 12 nitrogen and oxygen atoms in total. The molecule has 0 atom stereocenters. The number of aliphatic hydroxyl groups is 2. The van der Waals surface area contributed by atoms with Crippen LogP contribution in [0.15, 0.2) is 95.6 Å². The molecule has 0 fully saturated rings. The van der Waals surface area contributed by atoms with Crippen molar-refractivity contribution in [2.24, 2.45) is 0 Å². The average Bonchev–Trinajstić information content (AvgIpc) is 3.76. The Morgan fingerprint density at radius 3 is 1.71 bits per heavy atom. The van der Waals surface area contributed by atoms with Crippen LogP contribution >= 0.6 is 34.7 Å². The molecule has 0 aliphatic rings. The Morgan fingerprint density at radius 1 is 0.695 bits per heavy atom. The molecule has 59 heavy (non-hydrogen) atoms. The number of anilines is 1. The van der Waals surface area contributed by atoms with Gasteiger partial charge in [-0.2, -0.15) is 21.0 Å². The van der Waals surface area contributed by atoms with E-state index in [-0.39, 0.29) is 26.4 Å². The molecule has 0 aliphatic heterocycles. The maximum Gasteiger partial charge on any atom is 0.148 e. The minimum Gasteiger partial charge on any atom is -0.491 e. The minimum absolute atomic E-state index is 0.0523. The summed E-state index contributed by atoms with van der Waals surface area (Å²) in [5.41, 5.74) is 5.88. The maximum atomic E-state index is 10.3. The summed E-state index contributed by atoms with van der Waals surface area (Å²) in [4.78, 5) is 15.5. The summed E-state index contributed by atoms with van der Waals surface area (Å²) in [5.74, 6) is 2.29. The summed E-state index contributed by atoms with van der Waals surface area (Å²) in [6.07, 6.45) is 2.87. The molecule has 0 radical (unpaired) electrons. The van der Waals surface area contributed by atoms with E-state index >= 15 is 0 Å². The molecule has 3 aromatic heterocycles. The van der Waals surface area contributed by atoms with Gasteiger partial charge < -0.3 is 24.6 Å². The number of rotatable bonds is 15. The fourth-order valence-corrected chi connectivity index (χ4v) is 7.78. The molecule has 296 valence electrons. The van der Waals surface area contributed by atoms with Gasteiger partial charge in [-0.25, -0.2) is 9.97 Å². The summed E-state index contributed by atoms with van der Waals surface area (Å²) in [6, 6.07) is 30.4. The van der Waals surface area contributed by atoms with Crippen LogP contribution in [0, 0.1) is 45.3 Å². The molecule has 0 saturated heterocycles. The average molecular weight is 841 g/mol. The fourth-order valence-electron chi connectivity index (χ4n) is 5.85. The van der Waals surface area contributed by atoms with Gasteiger partial charge in [-0.3, -0.25) is 4.98 Å². The van der Waals surface area contributed by atoms with Crippen molar-refractivity contribution in [3.05, 3.63) is 124 Å². The maximum absolute atomic E-state index is 10.3. The number of nitriles is 4. The van der Waals surface area contributed by atoms with Gasteiger partial charge in [0.25, 0.3) is 0 Å². The number of nitrogens with zero attached hydrogens (tertiary/aromatic N) is 8. The lowest BCUT2D eigenvalue weighted by Gasteiger charge is -2.24. The van der Waals surface area contributed by atoms with Gasteiger partial charge in [0.1, 0.15) is 70.4 Å². The van der Waals surface area contributed by atoms with Crippen LogP contribution < -0.4 is 14.4 Å². The molecular weight excluding hydrogens is 804 g/mol. The number of aromatic nitrogens is 3. The highest BCUT2D eigenvalue weighted by atomic mass is 35.5. The molecule has 6 aromatic rings. The first kappa shape index (κ1) is 43.6. The van der Waals surface area contributed by atoms with Crippen molar-refractivity contribution in [3.63, 3.8) is 0 Å². The van der Waals surface area contributed by atoms with Crippen LogP contribution in [0.5, 0.6) is 11.5 Å². The third kappa shape index (κ3) is 10.9. The smallest absolute Gasteiger partial charge is 0.148 e. The third-order valence-electron chi connectivity index (χ3n) is 8.62. The number of hydrogen-bond acceptors (Lipinski definition) is 14. The van der Waals surface area contributed by atoms with Crippen LogP contribution in [0.3, 0.4) is 0 Å². The van der Waals surface area contributed by atoms with Gasteiger partial charge in [-0.1, -0.05) is 59.8 Å². The Balaban J connectivity index is 0.000000277. The Kier molecular flexibility index (Phi) is 16.2. The van der Waals surface area contributed by atoms with Crippen molar-refractivity contribution < 1.29 is 19.7 Å². The first-order valence-corrected chi connectivity index (χ1v) is 20.5. The van der Waals surface area contributed by atoms with Gasteiger partial charge in [0.2, 0.25) is 0 Å². The van der Waals surface area contributed by atoms with Crippen LogP contribution in [0.4, 0.5) is 5.82 Å². The molecule has 0 unspecified atom stereocenters. The zero-order chi connectivity index (χ0) is 42.1. The van der Waals surface area contributed by atoms with Gasteiger partial charge in [-0.15, -0.1) is 11.3 Å². The summed E-state index contributed by atoms with van der Waals surface area (Å²) in [6.45, 7) is 5.62. The van der Waals surface area contributed by atoms with Crippen molar-refractivity contribution in [2.75, 3.05) is 44.4 Å². The van der Waals surface area contributed by atoms with E-state index in [9.17, 15) is 10.5 Å². The fraction of sp³-hybridized carbons (Fsp3) is 0.205. The topological polar surface area (TPSA) is 196 Å². The van der Waals surface area contributed by atoms with Crippen LogP contribution in [0.2, 0.25) is 5.02 Å². The molecule has 0 amide bonds. The molecule has 0 saturated carbocycles. The van der Waals surface area contributed by atoms with Gasteiger partial charge in [0.05, 0.1) is 35.6 Å². The molecule has 0 spiro atoms. The number of thiazole rings is 1. The number of thioether (sulfide) groups is 1. The van der Waals surface area contributed by atoms with E-state index in [0.717, 1.165) is 27.4 Å². The first-order chi connectivity index (χ1) is 28.8. The zero-order valence-corrected chi connectivity index (χ0v) is 34.5. The Bertz CT molecular complexity index is 2490. The number of halogens is 1. The van der Waals surface area contributed by atoms with Gasteiger partial charge in [-0.05, 0) is 61.4 Å². The zero-order valence-electron chi connectivity index (χ0n) is 32.1. The summed E-state index contributed by atoms with van der Waals surface area (Å²) >= 11 is 9.00. The number of aliphatic hydroxyl groups excluding tert-OH is 2. The molecular formula is C44H37ClN8O4S2. The van der Waals surface area contributed by atoms with Crippen molar-refractivity contribution in [1.82, 2.24) is 15.0 Å². The SMILES string of the molecule is CCN(CC)c1nc(SCc2csc(-c3ccc(Cl)cc3)n2)c(C#N)c(-c2ccc(OCCO)cc2)c1C#N.N#Cc1cncc(C#N)c1-c1ccc(OCCO)cc1. The van der Waals surface area contributed by atoms with E-state index in [4.69, 9.17) is 51.8 Å². The second-order valence-corrected chi connectivity index (χ2v) is 14.5. The highest BCUT2D eigenvalue weighted by Crippen LogP contribution is 2.39. The highest BCUT2D eigenvalue weighted by Gasteiger charge is 2.24. The van der Waals surface area contributed by atoms with Crippen molar-refractivity contribution in [1.29, 1.82) is 21.0 Å². The third-order valence-corrected chi connectivity index (χ3v) is 10.8. The van der Waals surface area contributed by atoms with Gasteiger partial charge in [0.15, 0.2) is 0 Å². The molecule has 6 rings (SSSR count). The van der Waals surface area contributed by atoms with Crippen molar-refractivity contribution in [3.8, 4) is 68.6 Å². The summed E-state index contributed by atoms with van der Waals surface area (Å²) < 4.78 is 10.8. The van der Waals surface area contributed by atoms with E-state index in [1.165, 1.54) is 24.2 Å². The molecule has 2 N–H and O–H groups in total. The van der Waals surface area contributed by atoms with E-state index in [2.05, 4.69) is 17.1 Å². The molecule has 0 aliphatic carbocycles. The predicted octanol–water partition coefficient (Wildman–Crippen LogP) is 8.64. The Hall–Kier alpha value is -6.49. The second-order valence-electron chi connectivity index (χ2n) is 12.2. The summed E-state index contributed by atoms with van der Waals surface area (Å²) in [5, 5.41) is 60.6. The van der Waals surface area contributed by atoms with E-state index < -0.39 is 0 Å². The Labute approximate surface area is 355 Å². The Morgan fingerprint density at radius 2 is 1.22 bits per heavy atom. The van der Waals surface area contributed by atoms with E-state index in [1.807, 2.05) is 72.7 Å². The quantitative estimate of drug-likeness (QED) is 0.0933. The van der Waals surface area contributed by atoms with Gasteiger partial charge >= 0.3 is 0 Å². The summed E-state index contributed by atoms with van der Waals surface area (Å²) in [7, 11) is 0. The lowest BCUT2D eigenvalue weighted by atomic mass is 9.96. The number of ether oxygens (including phenoxy) is 2. The van der Waals surface area contributed by atoms with Crippen LogP contribution in [0.1, 0.15) is 41.8 Å². The molecule has 3 aromatic carbocycles. The first-order valence-electron chi connectivity index (χ1n) is 18.2. The minimum atomic E-state index is -0.0861. The van der Waals surface area contributed by atoms with Crippen molar-refractivity contribution >= 4 is 40.5 Å². The monoisotopic (exact) mass is 840 g/mol. The normalized spacial score (nSPS) is 10.3. The highest BCUT2D eigenvalue weighted by molar-refractivity contribution is 7.98. The number of hydrogen-bond donors (Lipinski definition) is 2. The standard InChI is InChI=1S/C29H26ClN5O2S2.C15H11N3O2/c1-3-35(4-2)27-24(15-31)26(19-7-11-23(12-8-19)37-14-13-36)25(16-32)29(34-27)39-18-22-17-38-28(33-22)20-5-9-21(30)10-6-20;16-7-12-9-18-10-13(8-17)15(12)11-1-3-14(4-2-11)20-6-5-19/h5-12,17,36H,3-4,13-14,18H2,1-2H3;1-4,9-10,19H,5-6H2. The van der Waals surface area contributed by atoms with Crippen LogP contribution in [0.25, 0.3) is 32.8 Å². The number of benzene rings is 3. The number of pyridine rings is 2. The molecule has 0 bridgehead atoms. The van der Waals surface area contributed by atoms with Crippen LogP contribution in [-0.2, 0) is 5.75 Å². The lowest BCUT2D eigenvalue weighted by molar-refractivity contribution is 0.201. The second kappa shape index (κ2) is 21.9. The molecule has 15 heteroatoms. The largest absolute Gasteiger partial charge is 0.491 e. The predicted molar refractivity (Wildman–Crippen MR) is 229 cm³/mol.